The number of amides is 3. The minimum absolute atomic E-state index is 0.0568. The maximum atomic E-state index is 13.0. The number of rotatable bonds is 4. The van der Waals surface area contributed by atoms with Crippen LogP contribution in [0.4, 0.5) is 10.5 Å². The second kappa shape index (κ2) is 6.86. The molecule has 0 atom stereocenters. The van der Waals surface area contributed by atoms with E-state index >= 15 is 0 Å². The molecule has 0 bridgehead atoms. The molecule has 1 saturated carbocycles. The minimum atomic E-state index is -0.122. The van der Waals surface area contributed by atoms with Gasteiger partial charge < -0.3 is 20.0 Å². The fourth-order valence-electron chi connectivity index (χ4n) is 3.83. The molecule has 1 aromatic heterocycles. The first-order valence-electron chi connectivity index (χ1n) is 9.14. The summed E-state index contributed by atoms with van der Waals surface area (Å²) in [6, 6.07) is 9.38. The van der Waals surface area contributed by atoms with Gasteiger partial charge >= 0.3 is 6.03 Å². The number of hydrogen-bond donors (Lipinski definition) is 2. The van der Waals surface area contributed by atoms with Gasteiger partial charge in [-0.25, -0.2) is 4.79 Å². The quantitative estimate of drug-likeness (QED) is 0.878. The second-order valence-electron chi connectivity index (χ2n) is 7.06. The molecule has 6 heteroatoms. The highest BCUT2D eigenvalue weighted by atomic mass is 16.3. The average Bonchev–Trinajstić information content (AvgIpc) is 3.35. The molecule has 1 aliphatic carbocycles. The van der Waals surface area contributed by atoms with E-state index in [4.69, 9.17) is 4.42 Å². The molecule has 2 heterocycles. The number of nitrogens with zero attached hydrogens (tertiary/aromatic N) is 1. The number of anilines is 1. The van der Waals surface area contributed by atoms with Crippen LogP contribution in [0.5, 0.6) is 0 Å². The Morgan fingerprint density at radius 2 is 2.08 bits per heavy atom. The number of aryl methyl sites for hydroxylation is 1. The number of carbonyl (C=O) groups is 2. The van der Waals surface area contributed by atoms with Crippen LogP contribution in [0.1, 0.15) is 53.1 Å². The number of furan rings is 1. The third-order valence-corrected chi connectivity index (χ3v) is 5.19. The van der Waals surface area contributed by atoms with Crippen molar-refractivity contribution in [3.05, 3.63) is 53.0 Å². The summed E-state index contributed by atoms with van der Waals surface area (Å²) < 4.78 is 5.68. The first-order valence-corrected chi connectivity index (χ1v) is 9.14. The molecule has 2 aromatic rings. The van der Waals surface area contributed by atoms with E-state index in [1.54, 1.807) is 12.1 Å². The fourth-order valence-corrected chi connectivity index (χ4v) is 3.83. The molecule has 0 unspecified atom stereocenters. The number of urea groups is 1. The van der Waals surface area contributed by atoms with Crippen LogP contribution in [0, 0.1) is 6.92 Å². The summed E-state index contributed by atoms with van der Waals surface area (Å²) >= 11 is 0. The lowest BCUT2D eigenvalue weighted by Gasteiger charge is -2.28. The molecule has 1 fully saturated rings. The molecule has 2 N–H and O–H groups in total. The zero-order valence-electron chi connectivity index (χ0n) is 14.9. The monoisotopic (exact) mass is 353 g/mol. The topological polar surface area (TPSA) is 74.6 Å². The van der Waals surface area contributed by atoms with Crippen molar-refractivity contribution in [3.63, 3.8) is 0 Å². The van der Waals surface area contributed by atoms with Crippen molar-refractivity contribution in [2.45, 2.75) is 51.7 Å². The number of benzene rings is 1. The Morgan fingerprint density at radius 1 is 1.27 bits per heavy atom. The van der Waals surface area contributed by atoms with Gasteiger partial charge in [0, 0.05) is 23.8 Å². The van der Waals surface area contributed by atoms with Gasteiger partial charge in [-0.2, -0.15) is 0 Å². The van der Waals surface area contributed by atoms with E-state index in [2.05, 4.69) is 10.6 Å². The largest absolute Gasteiger partial charge is 0.464 e. The molecular weight excluding hydrogens is 330 g/mol. The van der Waals surface area contributed by atoms with Gasteiger partial charge in [-0.05, 0) is 55.7 Å². The van der Waals surface area contributed by atoms with E-state index in [0.717, 1.165) is 42.8 Å². The van der Waals surface area contributed by atoms with Crippen molar-refractivity contribution in [1.29, 1.82) is 0 Å². The van der Waals surface area contributed by atoms with Gasteiger partial charge in [0.05, 0.1) is 6.54 Å². The lowest BCUT2D eigenvalue weighted by molar-refractivity contribution is 0.0965. The predicted molar refractivity (Wildman–Crippen MR) is 97.9 cm³/mol. The summed E-state index contributed by atoms with van der Waals surface area (Å²) in [6.45, 7) is 2.88. The third-order valence-electron chi connectivity index (χ3n) is 5.19. The normalized spacial score (nSPS) is 16.4. The Balaban J connectivity index is 1.51. The number of hydrogen-bond acceptors (Lipinski definition) is 3. The number of carbonyl (C=O) groups excluding carboxylic acids is 2. The average molecular weight is 353 g/mol. The predicted octanol–water partition coefficient (Wildman–Crippen LogP) is 3.81. The maximum Gasteiger partial charge on any atom is 0.322 e. The van der Waals surface area contributed by atoms with Crippen LogP contribution in [0.3, 0.4) is 0 Å². The summed E-state index contributed by atoms with van der Waals surface area (Å²) in [5.41, 5.74) is 2.31. The van der Waals surface area contributed by atoms with Crippen LogP contribution < -0.4 is 10.6 Å². The zero-order valence-corrected chi connectivity index (χ0v) is 14.9. The molecular formula is C20H23N3O3. The summed E-state index contributed by atoms with van der Waals surface area (Å²) in [6.07, 6.45) is 4.35. The summed E-state index contributed by atoms with van der Waals surface area (Å²) in [7, 11) is 0. The molecule has 136 valence electrons. The van der Waals surface area contributed by atoms with Crippen LogP contribution >= 0.6 is 0 Å². The Bertz CT molecular complexity index is 837. The number of fused-ring (bicyclic) bond motifs is 1. The summed E-state index contributed by atoms with van der Waals surface area (Å²) in [4.78, 5) is 26.5. The van der Waals surface area contributed by atoms with Crippen LogP contribution in [0.15, 0.2) is 34.7 Å². The van der Waals surface area contributed by atoms with Crippen molar-refractivity contribution in [1.82, 2.24) is 10.2 Å². The number of nitrogens with one attached hydrogen (secondary N) is 2. The maximum absolute atomic E-state index is 13.0. The van der Waals surface area contributed by atoms with Crippen LogP contribution in [-0.4, -0.2) is 22.9 Å². The third kappa shape index (κ3) is 3.31. The van der Waals surface area contributed by atoms with Crippen molar-refractivity contribution < 1.29 is 14.0 Å². The molecule has 6 nitrogen and oxygen atoms in total. The van der Waals surface area contributed by atoms with Crippen LogP contribution in [0.2, 0.25) is 0 Å². The molecule has 26 heavy (non-hydrogen) atoms. The lowest BCUT2D eigenvalue weighted by atomic mass is 10.1. The van der Waals surface area contributed by atoms with Crippen molar-refractivity contribution in [2.24, 2.45) is 0 Å². The van der Waals surface area contributed by atoms with Gasteiger partial charge in [-0.15, -0.1) is 0 Å². The molecule has 3 amide bonds. The fraction of sp³-hybridized carbons (Fsp3) is 0.400. The standard InChI is InChI=1S/C20H23N3O3/c1-13-6-8-17(26-13)12-23(16-4-2-3-5-16)20(25)22-15-7-9-18-14(10-15)11-21-19(18)24/h6-10,16H,2-5,11-12H2,1H3,(H,21,24)(H,22,25). The van der Waals surface area contributed by atoms with E-state index in [0.29, 0.717) is 24.3 Å². The second-order valence-corrected chi connectivity index (χ2v) is 7.06. The van der Waals surface area contributed by atoms with Crippen LogP contribution in [0.25, 0.3) is 0 Å². The molecule has 4 rings (SSSR count). The summed E-state index contributed by atoms with van der Waals surface area (Å²) in [5, 5.41) is 5.79. The zero-order chi connectivity index (χ0) is 18.1. The van der Waals surface area contributed by atoms with E-state index in [1.807, 2.05) is 30.0 Å². The van der Waals surface area contributed by atoms with E-state index in [-0.39, 0.29) is 18.0 Å². The highest BCUT2D eigenvalue weighted by molar-refractivity contribution is 5.99. The van der Waals surface area contributed by atoms with Gasteiger partial charge in [0.1, 0.15) is 11.5 Å². The van der Waals surface area contributed by atoms with E-state index < -0.39 is 0 Å². The summed E-state index contributed by atoms with van der Waals surface area (Å²) in [5.74, 6) is 1.59. The van der Waals surface area contributed by atoms with Gasteiger partial charge in [-0.3, -0.25) is 4.79 Å². The molecule has 1 aliphatic heterocycles. The Hall–Kier alpha value is -2.76. The molecule has 2 aliphatic rings. The van der Waals surface area contributed by atoms with Gasteiger partial charge in [0.25, 0.3) is 5.91 Å². The highest BCUT2D eigenvalue weighted by Crippen LogP contribution is 2.27. The smallest absolute Gasteiger partial charge is 0.322 e. The van der Waals surface area contributed by atoms with Crippen molar-refractivity contribution in [3.8, 4) is 0 Å². The van der Waals surface area contributed by atoms with Gasteiger partial charge in [0.15, 0.2) is 0 Å². The van der Waals surface area contributed by atoms with Crippen molar-refractivity contribution in [2.75, 3.05) is 5.32 Å². The molecule has 0 radical (unpaired) electrons. The minimum Gasteiger partial charge on any atom is -0.464 e. The van der Waals surface area contributed by atoms with Crippen LogP contribution in [-0.2, 0) is 13.1 Å². The first kappa shape index (κ1) is 16.7. The van der Waals surface area contributed by atoms with E-state index in [1.165, 1.54) is 0 Å². The van der Waals surface area contributed by atoms with Gasteiger partial charge in [0.2, 0.25) is 0 Å². The Labute approximate surface area is 152 Å². The molecule has 1 aromatic carbocycles. The SMILES string of the molecule is Cc1ccc(CN(C(=O)Nc2ccc3c(c2)CNC3=O)C2CCCC2)o1. The molecule has 0 saturated heterocycles. The lowest BCUT2D eigenvalue weighted by Crippen LogP contribution is -2.41. The Kier molecular flexibility index (Phi) is 4.41. The van der Waals surface area contributed by atoms with Gasteiger partial charge in [-0.1, -0.05) is 12.8 Å². The first-order chi connectivity index (χ1) is 12.6. The molecule has 0 spiro atoms. The Morgan fingerprint density at radius 3 is 2.81 bits per heavy atom. The highest BCUT2D eigenvalue weighted by Gasteiger charge is 2.28. The van der Waals surface area contributed by atoms with E-state index in [9.17, 15) is 9.59 Å². The van der Waals surface area contributed by atoms with Crippen molar-refractivity contribution >= 4 is 17.6 Å².